The van der Waals surface area contributed by atoms with Gasteiger partial charge in [-0.3, -0.25) is 0 Å². The van der Waals surface area contributed by atoms with Gasteiger partial charge in [0.25, 0.3) is 0 Å². The Balaban J connectivity index is 1.63. The summed E-state index contributed by atoms with van der Waals surface area (Å²) >= 11 is 0. The summed E-state index contributed by atoms with van der Waals surface area (Å²) in [5.74, 6) is 1.49. The molecule has 0 saturated heterocycles. The monoisotopic (exact) mass is 363 g/mol. The third kappa shape index (κ3) is 4.59. The molecule has 0 saturated carbocycles. The highest BCUT2D eigenvalue weighted by Crippen LogP contribution is 2.27. The maximum Gasteiger partial charge on any atom is 0.129 e. The summed E-state index contributed by atoms with van der Waals surface area (Å²) in [6.07, 6.45) is 1.41. The molecule has 0 aromatic heterocycles. The molecular weight excluding hydrogens is 338 g/mol. The fraction of sp³-hybridized carbons (Fsp3) is 0.261. The first-order chi connectivity index (χ1) is 13.0. The second kappa shape index (κ2) is 8.12. The van der Waals surface area contributed by atoms with E-state index >= 15 is 0 Å². The van der Waals surface area contributed by atoms with Crippen molar-refractivity contribution in [3.8, 4) is 11.5 Å². The lowest BCUT2D eigenvalue weighted by Crippen LogP contribution is -2.12. The van der Waals surface area contributed by atoms with Gasteiger partial charge in [-0.15, -0.1) is 0 Å². The number of benzene rings is 3. The summed E-state index contributed by atoms with van der Waals surface area (Å²) in [5, 5.41) is 14.2. The molecule has 0 radical (unpaired) electrons. The molecule has 0 bridgehead atoms. The minimum Gasteiger partial charge on any atom is -0.490 e. The van der Waals surface area contributed by atoms with E-state index in [1.54, 1.807) is 0 Å². The SMILES string of the molecule is CC(C)(C)c1ccc(OCCOc2ccc3ccccc3c2C=NO)cc1. The van der Waals surface area contributed by atoms with Gasteiger partial charge in [-0.25, -0.2) is 0 Å². The highest BCUT2D eigenvalue weighted by Gasteiger charge is 2.13. The molecule has 0 amide bonds. The molecule has 27 heavy (non-hydrogen) atoms. The van der Waals surface area contributed by atoms with Crippen molar-refractivity contribution in [2.45, 2.75) is 26.2 Å². The van der Waals surface area contributed by atoms with Gasteiger partial charge in [-0.1, -0.05) is 68.4 Å². The maximum absolute atomic E-state index is 8.99. The smallest absolute Gasteiger partial charge is 0.129 e. The molecule has 0 aliphatic carbocycles. The van der Waals surface area contributed by atoms with Gasteiger partial charge in [0.15, 0.2) is 0 Å². The first kappa shape index (κ1) is 18.8. The molecule has 0 heterocycles. The standard InChI is InChI=1S/C23H25NO3/c1-23(2,3)18-9-11-19(12-10-18)26-14-15-27-22-13-8-17-6-4-5-7-20(17)21(22)16-24-25/h4-13,16,25H,14-15H2,1-3H3. The van der Waals surface area contributed by atoms with Gasteiger partial charge in [-0.05, 0) is 39.9 Å². The van der Waals surface area contributed by atoms with Crippen molar-refractivity contribution < 1.29 is 14.7 Å². The Morgan fingerprint density at radius 2 is 1.59 bits per heavy atom. The molecular formula is C23H25NO3. The Bertz CT molecular complexity index is 925. The predicted octanol–water partition coefficient (Wildman–Crippen LogP) is 5.40. The van der Waals surface area contributed by atoms with E-state index in [0.717, 1.165) is 22.1 Å². The molecule has 0 spiro atoms. The summed E-state index contributed by atoms with van der Waals surface area (Å²) < 4.78 is 11.6. The third-order valence-electron chi connectivity index (χ3n) is 4.45. The van der Waals surface area contributed by atoms with E-state index in [9.17, 15) is 0 Å². The van der Waals surface area contributed by atoms with Crippen LogP contribution < -0.4 is 9.47 Å². The van der Waals surface area contributed by atoms with Crippen molar-refractivity contribution in [1.29, 1.82) is 0 Å². The number of rotatable bonds is 6. The largest absolute Gasteiger partial charge is 0.490 e. The Labute approximate surface area is 160 Å². The molecule has 3 aromatic carbocycles. The lowest BCUT2D eigenvalue weighted by Gasteiger charge is -2.19. The summed E-state index contributed by atoms with van der Waals surface area (Å²) in [6.45, 7) is 7.39. The van der Waals surface area contributed by atoms with Gasteiger partial charge in [0.2, 0.25) is 0 Å². The average molecular weight is 363 g/mol. The molecule has 4 heteroatoms. The molecule has 4 nitrogen and oxygen atoms in total. The Morgan fingerprint density at radius 3 is 2.30 bits per heavy atom. The van der Waals surface area contributed by atoms with Gasteiger partial charge < -0.3 is 14.7 Å². The number of oxime groups is 1. The number of hydrogen-bond acceptors (Lipinski definition) is 4. The zero-order valence-corrected chi connectivity index (χ0v) is 16.0. The highest BCUT2D eigenvalue weighted by atomic mass is 16.5. The van der Waals surface area contributed by atoms with Crippen LogP contribution in [0.25, 0.3) is 10.8 Å². The van der Waals surface area contributed by atoms with Crippen LogP contribution in [-0.4, -0.2) is 24.6 Å². The van der Waals surface area contributed by atoms with E-state index in [1.165, 1.54) is 11.8 Å². The van der Waals surface area contributed by atoms with Crippen molar-refractivity contribution in [3.63, 3.8) is 0 Å². The topological polar surface area (TPSA) is 51.0 Å². The molecule has 0 aliphatic rings. The molecule has 3 aromatic rings. The summed E-state index contributed by atoms with van der Waals surface area (Å²) in [7, 11) is 0. The first-order valence-electron chi connectivity index (χ1n) is 9.04. The first-order valence-corrected chi connectivity index (χ1v) is 9.04. The fourth-order valence-corrected chi connectivity index (χ4v) is 2.95. The normalized spacial score (nSPS) is 11.8. The third-order valence-corrected chi connectivity index (χ3v) is 4.45. The number of nitrogens with zero attached hydrogens (tertiary/aromatic N) is 1. The van der Waals surface area contributed by atoms with Crippen molar-refractivity contribution in [2.75, 3.05) is 13.2 Å². The van der Waals surface area contributed by atoms with Crippen LogP contribution in [0.2, 0.25) is 0 Å². The van der Waals surface area contributed by atoms with Crippen molar-refractivity contribution in [2.24, 2.45) is 5.16 Å². The predicted molar refractivity (Wildman–Crippen MR) is 109 cm³/mol. The Morgan fingerprint density at radius 1 is 0.889 bits per heavy atom. The Hall–Kier alpha value is -3.01. The zero-order chi connectivity index (χ0) is 19.3. The second-order valence-corrected chi connectivity index (χ2v) is 7.41. The fourth-order valence-electron chi connectivity index (χ4n) is 2.95. The van der Waals surface area contributed by atoms with Gasteiger partial charge in [-0.2, -0.15) is 0 Å². The summed E-state index contributed by atoms with van der Waals surface area (Å²) in [6, 6.07) is 20.0. The van der Waals surface area contributed by atoms with E-state index in [-0.39, 0.29) is 5.41 Å². The van der Waals surface area contributed by atoms with Crippen molar-refractivity contribution >= 4 is 17.0 Å². The van der Waals surface area contributed by atoms with Crippen LogP contribution in [0.4, 0.5) is 0 Å². The van der Waals surface area contributed by atoms with Crippen LogP contribution >= 0.6 is 0 Å². The molecule has 3 rings (SSSR count). The van der Waals surface area contributed by atoms with Crippen LogP contribution in [0.5, 0.6) is 11.5 Å². The van der Waals surface area contributed by atoms with E-state index in [0.29, 0.717) is 19.0 Å². The van der Waals surface area contributed by atoms with Crippen molar-refractivity contribution in [1.82, 2.24) is 0 Å². The average Bonchev–Trinajstić information content (AvgIpc) is 2.66. The van der Waals surface area contributed by atoms with Gasteiger partial charge in [0.1, 0.15) is 24.7 Å². The quantitative estimate of drug-likeness (QED) is 0.276. The van der Waals surface area contributed by atoms with Crippen LogP contribution in [0.15, 0.2) is 65.8 Å². The van der Waals surface area contributed by atoms with Gasteiger partial charge in [0.05, 0.1) is 6.21 Å². The molecule has 140 valence electrons. The highest BCUT2D eigenvalue weighted by molar-refractivity contribution is 6.02. The van der Waals surface area contributed by atoms with Crippen LogP contribution in [0.1, 0.15) is 31.9 Å². The second-order valence-electron chi connectivity index (χ2n) is 7.41. The summed E-state index contributed by atoms with van der Waals surface area (Å²) in [5.41, 5.74) is 2.16. The van der Waals surface area contributed by atoms with E-state index in [4.69, 9.17) is 14.7 Å². The van der Waals surface area contributed by atoms with Crippen LogP contribution in [0.3, 0.4) is 0 Å². The lowest BCUT2D eigenvalue weighted by molar-refractivity contribution is 0.217. The van der Waals surface area contributed by atoms with Gasteiger partial charge in [0, 0.05) is 5.56 Å². The molecule has 0 aliphatic heterocycles. The van der Waals surface area contributed by atoms with E-state index in [1.807, 2.05) is 48.5 Å². The minimum absolute atomic E-state index is 0.127. The van der Waals surface area contributed by atoms with Gasteiger partial charge >= 0.3 is 0 Å². The maximum atomic E-state index is 8.99. The van der Waals surface area contributed by atoms with Crippen molar-refractivity contribution in [3.05, 3.63) is 71.8 Å². The lowest BCUT2D eigenvalue weighted by atomic mass is 9.87. The molecule has 0 fully saturated rings. The number of ether oxygens (including phenoxy) is 2. The van der Waals surface area contributed by atoms with Crippen LogP contribution in [-0.2, 0) is 5.41 Å². The Kier molecular flexibility index (Phi) is 5.65. The summed E-state index contributed by atoms with van der Waals surface area (Å²) in [4.78, 5) is 0. The van der Waals surface area contributed by atoms with E-state index < -0.39 is 0 Å². The molecule has 0 atom stereocenters. The number of fused-ring (bicyclic) bond motifs is 1. The zero-order valence-electron chi connectivity index (χ0n) is 16.0. The van der Waals surface area contributed by atoms with Crippen LogP contribution in [0, 0.1) is 0 Å². The van der Waals surface area contributed by atoms with E-state index in [2.05, 4.69) is 38.1 Å². The molecule has 1 N–H and O–H groups in total. The minimum atomic E-state index is 0.127. The molecule has 0 unspecified atom stereocenters. The number of hydrogen-bond donors (Lipinski definition) is 1.